The molecule has 0 saturated heterocycles. The predicted molar refractivity (Wildman–Crippen MR) is 58.3 cm³/mol. The minimum absolute atomic E-state index is 0.0192. The first-order chi connectivity index (χ1) is 7.17. The molecular weight excluding hydrogens is 190 g/mol. The van der Waals surface area contributed by atoms with Crippen molar-refractivity contribution >= 4 is 0 Å². The minimum atomic E-state index is -0.0229. The molecule has 0 aromatic carbocycles. The van der Waals surface area contributed by atoms with Crippen LogP contribution in [0.4, 0.5) is 0 Å². The van der Waals surface area contributed by atoms with Crippen molar-refractivity contribution in [2.24, 2.45) is 12.8 Å². The maximum atomic E-state index is 6.15. The summed E-state index contributed by atoms with van der Waals surface area (Å²) in [6.07, 6.45) is 8.09. The van der Waals surface area contributed by atoms with E-state index in [9.17, 15) is 0 Å². The minimum Gasteiger partial charge on any atom is -0.378 e. The molecule has 84 valence electrons. The molecule has 1 aliphatic rings. The molecule has 1 unspecified atom stereocenters. The molecule has 4 nitrogen and oxygen atoms in total. The van der Waals surface area contributed by atoms with Crippen molar-refractivity contribution in [1.82, 2.24) is 9.55 Å². The van der Waals surface area contributed by atoms with Crippen LogP contribution in [0.1, 0.15) is 37.5 Å². The average Bonchev–Trinajstić information content (AvgIpc) is 2.58. The SMILES string of the molecule is COC1(CC(N)c2nccn2C)CCC1. The molecule has 2 rings (SSSR count). The van der Waals surface area contributed by atoms with Crippen LogP contribution in [0.25, 0.3) is 0 Å². The number of imidazole rings is 1. The van der Waals surface area contributed by atoms with Crippen molar-refractivity contribution < 1.29 is 4.74 Å². The van der Waals surface area contributed by atoms with Crippen molar-refractivity contribution in [3.05, 3.63) is 18.2 Å². The summed E-state index contributed by atoms with van der Waals surface area (Å²) in [4.78, 5) is 4.27. The van der Waals surface area contributed by atoms with Crippen LogP contribution in [-0.2, 0) is 11.8 Å². The van der Waals surface area contributed by atoms with E-state index in [4.69, 9.17) is 10.5 Å². The molecule has 1 aromatic heterocycles. The van der Waals surface area contributed by atoms with Gasteiger partial charge >= 0.3 is 0 Å². The van der Waals surface area contributed by atoms with E-state index in [1.54, 1.807) is 13.3 Å². The first-order valence-corrected chi connectivity index (χ1v) is 5.45. The molecule has 2 N–H and O–H groups in total. The van der Waals surface area contributed by atoms with E-state index < -0.39 is 0 Å². The first-order valence-electron chi connectivity index (χ1n) is 5.45. The van der Waals surface area contributed by atoms with E-state index in [0.29, 0.717) is 0 Å². The van der Waals surface area contributed by atoms with Gasteiger partial charge in [-0.1, -0.05) is 0 Å². The molecule has 1 atom stereocenters. The lowest BCUT2D eigenvalue weighted by atomic mass is 9.75. The van der Waals surface area contributed by atoms with Gasteiger partial charge in [-0.25, -0.2) is 4.98 Å². The number of nitrogens with two attached hydrogens (primary N) is 1. The lowest BCUT2D eigenvalue weighted by Crippen LogP contribution is -2.42. The zero-order chi connectivity index (χ0) is 10.9. The number of methoxy groups -OCH3 is 1. The molecule has 0 radical (unpaired) electrons. The molecule has 1 fully saturated rings. The Labute approximate surface area is 90.4 Å². The van der Waals surface area contributed by atoms with E-state index in [-0.39, 0.29) is 11.6 Å². The Morgan fingerprint density at radius 2 is 2.40 bits per heavy atom. The van der Waals surface area contributed by atoms with E-state index in [1.165, 1.54) is 6.42 Å². The molecule has 0 bridgehead atoms. The Bertz CT molecular complexity index is 325. The van der Waals surface area contributed by atoms with Crippen molar-refractivity contribution in [2.75, 3.05) is 7.11 Å². The summed E-state index contributed by atoms with van der Waals surface area (Å²) < 4.78 is 7.54. The fraction of sp³-hybridized carbons (Fsp3) is 0.727. The smallest absolute Gasteiger partial charge is 0.125 e. The molecule has 1 aliphatic carbocycles. The van der Waals surface area contributed by atoms with Gasteiger partial charge in [-0.2, -0.15) is 0 Å². The summed E-state index contributed by atoms with van der Waals surface area (Å²) >= 11 is 0. The summed E-state index contributed by atoms with van der Waals surface area (Å²) in [5, 5.41) is 0. The fourth-order valence-electron chi connectivity index (χ4n) is 2.29. The van der Waals surface area contributed by atoms with E-state index in [2.05, 4.69) is 4.98 Å². The van der Waals surface area contributed by atoms with Gasteiger partial charge in [0.25, 0.3) is 0 Å². The second-order valence-electron chi connectivity index (χ2n) is 4.45. The highest BCUT2D eigenvalue weighted by molar-refractivity contribution is 5.02. The van der Waals surface area contributed by atoms with Gasteiger partial charge in [0.1, 0.15) is 5.82 Å². The summed E-state index contributed by atoms with van der Waals surface area (Å²) in [5.74, 6) is 0.943. The quantitative estimate of drug-likeness (QED) is 0.815. The summed E-state index contributed by atoms with van der Waals surface area (Å²) in [5.41, 5.74) is 6.17. The lowest BCUT2D eigenvalue weighted by molar-refractivity contribution is -0.0822. The second-order valence-corrected chi connectivity index (χ2v) is 4.45. The van der Waals surface area contributed by atoms with E-state index in [0.717, 1.165) is 25.1 Å². The third-order valence-electron chi connectivity index (χ3n) is 3.48. The van der Waals surface area contributed by atoms with Crippen molar-refractivity contribution in [2.45, 2.75) is 37.3 Å². The topological polar surface area (TPSA) is 53.1 Å². The molecular formula is C11H19N3O. The predicted octanol–water partition coefficient (Wildman–Crippen LogP) is 1.38. The zero-order valence-corrected chi connectivity index (χ0v) is 9.44. The molecule has 15 heavy (non-hydrogen) atoms. The van der Waals surface area contributed by atoms with Gasteiger partial charge in [0.2, 0.25) is 0 Å². The number of aromatic nitrogens is 2. The normalized spacial score (nSPS) is 21.0. The molecule has 0 aliphatic heterocycles. The van der Waals surface area contributed by atoms with Crippen LogP contribution in [0.3, 0.4) is 0 Å². The standard InChI is InChI=1S/C11H19N3O/c1-14-7-6-13-10(14)9(12)8-11(15-2)4-3-5-11/h6-7,9H,3-5,8,12H2,1-2H3. The third kappa shape index (κ3) is 1.92. The maximum Gasteiger partial charge on any atom is 0.125 e. The van der Waals surface area contributed by atoms with Crippen LogP contribution in [0.5, 0.6) is 0 Å². The number of hydrogen-bond donors (Lipinski definition) is 1. The van der Waals surface area contributed by atoms with Crippen LogP contribution in [0.15, 0.2) is 12.4 Å². The molecule has 0 spiro atoms. The Kier molecular flexibility index (Phi) is 2.80. The molecule has 4 heteroatoms. The van der Waals surface area contributed by atoms with Gasteiger partial charge in [-0.05, 0) is 25.7 Å². The Morgan fingerprint density at radius 3 is 2.80 bits per heavy atom. The van der Waals surface area contributed by atoms with Crippen LogP contribution < -0.4 is 5.73 Å². The molecule has 1 aromatic rings. The Balaban J connectivity index is 2.03. The monoisotopic (exact) mass is 209 g/mol. The van der Waals surface area contributed by atoms with Crippen molar-refractivity contribution in [3.63, 3.8) is 0 Å². The Morgan fingerprint density at radius 1 is 1.67 bits per heavy atom. The summed E-state index contributed by atoms with van der Waals surface area (Å²) in [6, 6.07) is -0.0229. The molecule has 1 heterocycles. The van der Waals surface area contributed by atoms with Crippen LogP contribution in [-0.4, -0.2) is 22.3 Å². The molecule has 0 amide bonds. The molecule has 1 saturated carbocycles. The number of ether oxygens (including phenoxy) is 1. The van der Waals surface area contributed by atoms with Gasteiger partial charge in [0, 0.05) is 26.6 Å². The highest BCUT2D eigenvalue weighted by Crippen LogP contribution is 2.40. The van der Waals surface area contributed by atoms with Crippen molar-refractivity contribution in [3.8, 4) is 0 Å². The third-order valence-corrected chi connectivity index (χ3v) is 3.48. The number of rotatable bonds is 4. The van der Waals surface area contributed by atoms with Crippen molar-refractivity contribution in [1.29, 1.82) is 0 Å². The van der Waals surface area contributed by atoms with Crippen LogP contribution in [0.2, 0.25) is 0 Å². The van der Waals surface area contributed by atoms with Crippen LogP contribution >= 0.6 is 0 Å². The highest BCUT2D eigenvalue weighted by atomic mass is 16.5. The highest BCUT2D eigenvalue weighted by Gasteiger charge is 2.39. The van der Waals surface area contributed by atoms with E-state index in [1.807, 2.05) is 17.8 Å². The second kappa shape index (κ2) is 3.94. The van der Waals surface area contributed by atoms with Crippen LogP contribution in [0, 0.1) is 0 Å². The van der Waals surface area contributed by atoms with Gasteiger partial charge in [-0.3, -0.25) is 0 Å². The average molecular weight is 209 g/mol. The zero-order valence-electron chi connectivity index (χ0n) is 9.44. The maximum absolute atomic E-state index is 6.15. The van der Waals surface area contributed by atoms with Gasteiger partial charge < -0.3 is 15.0 Å². The number of aryl methyl sites for hydroxylation is 1. The van der Waals surface area contributed by atoms with E-state index >= 15 is 0 Å². The fourth-order valence-corrected chi connectivity index (χ4v) is 2.29. The Hall–Kier alpha value is -0.870. The summed E-state index contributed by atoms with van der Waals surface area (Å²) in [6.45, 7) is 0. The van der Waals surface area contributed by atoms with Gasteiger partial charge in [0.15, 0.2) is 0 Å². The lowest BCUT2D eigenvalue weighted by Gasteiger charge is -2.42. The number of nitrogens with zero attached hydrogens (tertiary/aromatic N) is 2. The largest absolute Gasteiger partial charge is 0.378 e. The first kappa shape index (κ1) is 10.6. The number of hydrogen-bond acceptors (Lipinski definition) is 3. The van der Waals surface area contributed by atoms with Gasteiger partial charge in [-0.15, -0.1) is 0 Å². The summed E-state index contributed by atoms with van der Waals surface area (Å²) in [7, 11) is 3.76. The van der Waals surface area contributed by atoms with Gasteiger partial charge in [0.05, 0.1) is 11.6 Å².